The number of hydrogen-bond donors (Lipinski definition) is 2. The van der Waals surface area contributed by atoms with E-state index < -0.39 is 0 Å². The van der Waals surface area contributed by atoms with Crippen molar-refractivity contribution < 1.29 is 9.21 Å². The van der Waals surface area contributed by atoms with E-state index in [2.05, 4.69) is 10.3 Å². The van der Waals surface area contributed by atoms with E-state index >= 15 is 0 Å². The number of carbonyl (C=O) groups excluding carboxylic acids is 1. The molecule has 0 saturated heterocycles. The smallest absolute Gasteiger partial charge is 0.267 e. The SMILES string of the molecule is Nc1ccsc1C(=O)Nc1ccc(-c2cnco2)cc1. The van der Waals surface area contributed by atoms with E-state index in [4.69, 9.17) is 10.2 Å². The van der Waals surface area contributed by atoms with E-state index in [1.165, 1.54) is 17.7 Å². The van der Waals surface area contributed by atoms with Gasteiger partial charge in [-0.05, 0) is 35.7 Å². The van der Waals surface area contributed by atoms with Gasteiger partial charge in [-0.3, -0.25) is 4.79 Å². The molecule has 0 radical (unpaired) electrons. The molecule has 0 unspecified atom stereocenters. The molecule has 3 N–H and O–H groups in total. The average Bonchev–Trinajstić information content (AvgIpc) is 3.10. The van der Waals surface area contributed by atoms with E-state index in [1.54, 1.807) is 29.8 Å². The van der Waals surface area contributed by atoms with Crippen LogP contribution in [0.15, 0.2) is 52.7 Å². The molecule has 3 aromatic rings. The van der Waals surface area contributed by atoms with Gasteiger partial charge >= 0.3 is 0 Å². The lowest BCUT2D eigenvalue weighted by atomic mass is 10.1. The fraction of sp³-hybridized carbons (Fsp3) is 0. The number of hydrogen-bond acceptors (Lipinski definition) is 5. The van der Waals surface area contributed by atoms with Crippen molar-refractivity contribution in [2.24, 2.45) is 0 Å². The van der Waals surface area contributed by atoms with E-state index in [0.717, 1.165) is 5.56 Å². The predicted molar refractivity (Wildman–Crippen MR) is 78.6 cm³/mol. The Hall–Kier alpha value is -2.60. The number of anilines is 2. The molecule has 20 heavy (non-hydrogen) atoms. The third kappa shape index (κ3) is 2.41. The number of thiophene rings is 1. The summed E-state index contributed by atoms with van der Waals surface area (Å²) in [6.45, 7) is 0. The van der Waals surface area contributed by atoms with E-state index in [9.17, 15) is 4.79 Å². The molecule has 0 aliphatic carbocycles. The first-order chi connectivity index (χ1) is 9.74. The zero-order valence-corrected chi connectivity index (χ0v) is 11.2. The summed E-state index contributed by atoms with van der Waals surface area (Å²) in [5.74, 6) is 0.482. The van der Waals surface area contributed by atoms with Gasteiger partial charge in [0.2, 0.25) is 0 Å². The summed E-state index contributed by atoms with van der Waals surface area (Å²) < 4.78 is 5.20. The van der Waals surface area contributed by atoms with Gasteiger partial charge in [0, 0.05) is 11.3 Å². The molecule has 5 nitrogen and oxygen atoms in total. The van der Waals surface area contributed by atoms with Crippen molar-refractivity contribution in [3.63, 3.8) is 0 Å². The van der Waals surface area contributed by atoms with Crippen LogP contribution in [0, 0.1) is 0 Å². The molecule has 2 aromatic heterocycles. The number of oxazole rings is 1. The maximum absolute atomic E-state index is 12.0. The second kappa shape index (κ2) is 5.18. The Labute approximate surface area is 119 Å². The minimum absolute atomic E-state index is 0.204. The Morgan fingerprint density at radius 1 is 1.25 bits per heavy atom. The second-order valence-corrected chi connectivity index (χ2v) is 5.02. The van der Waals surface area contributed by atoms with Crippen molar-refractivity contribution in [3.8, 4) is 11.3 Å². The summed E-state index contributed by atoms with van der Waals surface area (Å²) in [5, 5.41) is 4.59. The van der Waals surface area contributed by atoms with Crippen LogP contribution in [0.1, 0.15) is 9.67 Å². The van der Waals surface area contributed by atoms with Gasteiger partial charge in [0.25, 0.3) is 5.91 Å². The number of aromatic nitrogens is 1. The number of benzene rings is 1. The largest absolute Gasteiger partial charge is 0.444 e. The van der Waals surface area contributed by atoms with Gasteiger partial charge in [-0.1, -0.05) is 0 Å². The summed E-state index contributed by atoms with van der Waals surface area (Å²) in [6.07, 6.45) is 3.02. The molecule has 0 bridgehead atoms. The van der Waals surface area contributed by atoms with E-state index in [0.29, 0.717) is 22.0 Å². The molecule has 0 aliphatic rings. The van der Waals surface area contributed by atoms with Crippen LogP contribution in [0.25, 0.3) is 11.3 Å². The number of nitrogens with zero attached hydrogens (tertiary/aromatic N) is 1. The second-order valence-electron chi connectivity index (χ2n) is 4.10. The molecule has 2 heterocycles. The van der Waals surface area contributed by atoms with E-state index in [1.807, 2.05) is 12.1 Å². The maximum atomic E-state index is 12.0. The molecule has 0 fully saturated rings. The number of nitrogen functional groups attached to an aromatic ring is 1. The maximum Gasteiger partial charge on any atom is 0.267 e. The molecule has 0 spiro atoms. The van der Waals surface area contributed by atoms with Gasteiger partial charge in [-0.25, -0.2) is 4.98 Å². The predicted octanol–water partition coefficient (Wildman–Crippen LogP) is 3.24. The highest BCUT2D eigenvalue weighted by molar-refractivity contribution is 7.12. The summed E-state index contributed by atoms with van der Waals surface area (Å²) in [7, 11) is 0. The van der Waals surface area contributed by atoms with Crippen LogP contribution >= 0.6 is 11.3 Å². The molecular formula is C14H11N3O2S. The van der Waals surface area contributed by atoms with Crippen LogP contribution in [0.4, 0.5) is 11.4 Å². The van der Waals surface area contributed by atoms with Crippen molar-refractivity contribution in [1.29, 1.82) is 0 Å². The molecule has 6 heteroatoms. The fourth-order valence-corrected chi connectivity index (χ4v) is 2.48. The van der Waals surface area contributed by atoms with Crippen LogP contribution in [0.3, 0.4) is 0 Å². The molecule has 100 valence electrons. The van der Waals surface area contributed by atoms with Gasteiger partial charge in [-0.15, -0.1) is 11.3 Å². The van der Waals surface area contributed by atoms with E-state index in [-0.39, 0.29) is 5.91 Å². The Balaban J connectivity index is 1.76. The first-order valence-electron chi connectivity index (χ1n) is 5.87. The lowest BCUT2D eigenvalue weighted by Gasteiger charge is -2.05. The topological polar surface area (TPSA) is 81.2 Å². The Morgan fingerprint density at radius 3 is 2.65 bits per heavy atom. The van der Waals surface area contributed by atoms with Crippen molar-refractivity contribution in [1.82, 2.24) is 4.98 Å². The van der Waals surface area contributed by atoms with Crippen molar-refractivity contribution >= 4 is 28.6 Å². The Bertz CT molecular complexity index is 717. The van der Waals surface area contributed by atoms with Crippen LogP contribution in [0.2, 0.25) is 0 Å². The lowest BCUT2D eigenvalue weighted by Crippen LogP contribution is -2.11. The zero-order chi connectivity index (χ0) is 13.9. The van der Waals surface area contributed by atoms with Gasteiger partial charge in [0.15, 0.2) is 12.2 Å². The first kappa shape index (κ1) is 12.4. The monoisotopic (exact) mass is 285 g/mol. The van der Waals surface area contributed by atoms with Crippen LogP contribution in [-0.2, 0) is 0 Å². The zero-order valence-electron chi connectivity index (χ0n) is 10.4. The summed E-state index contributed by atoms with van der Waals surface area (Å²) in [5.41, 5.74) is 7.80. The Kier molecular flexibility index (Phi) is 3.22. The number of rotatable bonds is 3. The molecule has 3 rings (SSSR count). The van der Waals surface area contributed by atoms with Crippen molar-refractivity contribution in [3.05, 3.63) is 53.2 Å². The third-order valence-electron chi connectivity index (χ3n) is 2.76. The molecule has 1 aromatic carbocycles. The molecule has 0 saturated carbocycles. The molecular weight excluding hydrogens is 274 g/mol. The Morgan fingerprint density at radius 2 is 2.05 bits per heavy atom. The highest BCUT2D eigenvalue weighted by Crippen LogP contribution is 2.23. The standard InChI is InChI=1S/C14H11N3O2S/c15-11-5-6-20-13(11)14(18)17-10-3-1-9(2-4-10)12-7-16-8-19-12/h1-8H,15H2,(H,17,18). The van der Waals surface area contributed by atoms with Crippen LogP contribution in [0.5, 0.6) is 0 Å². The minimum Gasteiger partial charge on any atom is -0.444 e. The highest BCUT2D eigenvalue weighted by Gasteiger charge is 2.11. The van der Waals surface area contributed by atoms with Crippen LogP contribution in [-0.4, -0.2) is 10.9 Å². The van der Waals surface area contributed by atoms with Gasteiger partial charge in [0.05, 0.1) is 11.9 Å². The lowest BCUT2D eigenvalue weighted by molar-refractivity contribution is 0.103. The van der Waals surface area contributed by atoms with Crippen molar-refractivity contribution in [2.75, 3.05) is 11.1 Å². The highest BCUT2D eigenvalue weighted by atomic mass is 32.1. The molecule has 1 amide bonds. The van der Waals surface area contributed by atoms with Crippen molar-refractivity contribution in [2.45, 2.75) is 0 Å². The number of nitrogens with two attached hydrogens (primary N) is 1. The first-order valence-corrected chi connectivity index (χ1v) is 6.75. The summed E-state index contributed by atoms with van der Waals surface area (Å²) in [6, 6.07) is 9.04. The summed E-state index contributed by atoms with van der Waals surface area (Å²) in [4.78, 5) is 16.4. The van der Waals surface area contributed by atoms with Crippen LogP contribution < -0.4 is 11.1 Å². The average molecular weight is 285 g/mol. The normalized spacial score (nSPS) is 10.4. The van der Waals surface area contributed by atoms with Gasteiger partial charge in [-0.2, -0.15) is 0 Å². The van der Waals surface area contributed by atoms with Gasteiger partial charge in [0.1, 0.15) is 4.88 Å². The fourth-order valence-electron chi connectivity index (χ4n) is 1.77. The quantitative estimate of drug-likeness (QED) is 0.774. The molecule has 0 atom stereocenters. The number of carbonyl (C=O) groups is 1. The number of nitrogens with one attached hydrogen (secondary N) is 1. The number of amides is 1. The minimum atomic E-state index is -0.204. The molecule has 0 aliphatic heterocycles. The van der Waals surface area contributed by atoms with Gasteiger partial charge < -0.3 is 15.5 Å². The third-order valence-corrected chi connectivity index (χ3v) is 3.69. The summed E-state index contributed by atoms with van der Waals surface area (Å²) >= 11 is 1.32.